The van der Waals surface area contributed by atoms with E-state index in [0.717, 1.165) is 11.1 Å². The standard InChI is InChI=1S/C29H32N2O7/c1-6-38-28(32)16-11-21-22(12-7-19-9-14-24(34-2)26(17-19)36-4)30-29(33)31-23(21)13-8-20-10-15-25(35-3)27(18-20)37-5/h7-10,12-15,17-18H,6,11,16H2,1-5H3,(H,30,31,33). The Morgan fingerprint density at radius 1 is 0.816 bits per heavy atom. The van der Waals surface area contributed by atoms with Gasteiger partial charge in [0.25, 0.3) is 0 Å². The van der Waals surface area contributed by atoms with E-state index in [9.17, 15) is 9.59 Å². The first-order valence-electron chi connectivity index (χ1n) is 12.0. The molecule has 0 spiro atoms. The van der Waals surface area contributed by atoms with Gasteiger partial charge in [0.15, 0.2) is 23.0 Å². The molecule has 200 valence electrons. The van der Waals surface area contributed by atoms with Crippen LogP contribution in [-0.4, -0.2) is 51.0 Å². The van der Waals surface area contributed by atoms with Crippen LogP contribution in [0.15, 0.2) is 41.2 Å². The van der Waals surface area contributed by atoms with E-state index >= 15 is 0 Å². The smallest absolute Gasteiger partial charge is 0.345 e. The number of nitrogens with zero attached hydrogens (tertiary/aromatic N) is 1. The average Bonchev–Trinajstić information content (AvgIpc) is 2.93. The Kier molecular flexibility index (Phi) is 10.1. The maximum Gasteiger partial charge on any atom is 0.345 e. The minimum Gasteiger partial charge on any atom is -0.493 e. The number of aromatic amines is 1. The van der Waals surface area contributed by atoms with Gasteiger partial charge in [0.2, 0.25) is 0 Å². The van der Waals surface area contributed by atoms with E-state index in [-0.39, 0.29) is 12.4 Å². The molecule has 0 aliphatic carbocycles. The Morgan fingerprint density at radius 3 is 1.89 bits per heavy atom. The zero-order chi connectivity index (χ0) is 27.5. The third-order valence-electron chi connectivity index (χ3n) is 5.67. The SMILES string of the molecule is CCOC(=O)CCc1c(C=Cc2ccc(OC)c(OC)c2)nc(=O)[nH]c1C=Cc1ccc(OC)c(OC)c1. The van der Waals surface area contributed by atoms with Crippen molar-refractivity contribution in [1.29, 1.82) is 0 Å². The zero-order valence-corrected chi connectivity index (χ0v) is 22.2. The summed E-state index contributed by atoms with van der Waals surface area (Å²) in [5, 5.41) is 0. The summed E-state index contributed by atoms with van der Waals surface area (Å²) in [6.45, 7) is 2.05. The molecule has 2 aromatic carbocycles. The molecule has 3 aromatic rings. The van der Waals surface area contributed by atoms with E-state index < -0.39 is 5.69 Å². The topological polar surface area (TPSA) is 109 Å². The fraction of sp³-hybridized carbons (Fsp3) is 0.276. The Balaban J connectivity index is 2.02. The Bertz CT molecular complexity index is 1290. The van der Waals surface area contributed by atoms with Crippen LogP contribution < -0.4 is 24.6 Å². The number of benzene rings is 2. The normalized spacial score (nSPS) is 11.1. The van der Waals surface area contributed by atoms with E-state index in [1.165, 1.54) is 0 Å². The first-order chi connectivity index (χ1) is 18.4. The molecule has 9 heteroatoms. The van der Waals surface area contributed by atoms with Crippen LogP contribution in [0.2, 0.25) is 0 Å². The summed E-state index contributed by atoms with van der Waals surface area (Å²) in [6, 6.07) is 11.0. The number of hydrogen-bond acceptors (Lipinski definition) is 8. The van der Waals surface area contributed by atoms with Gasteiger partial charge in [-0.1, -0.05) is 24.3 Å². The first-order valence-corrected chi connectivity index (χ1v) is 12.0. The first kappa shape index (κ1) is 28.0. The molecule has 0 unspecified atom stereocenters. The molecule has 38 heavy (non-hydrogen) atoms. The van der Waals surface area contributed by atoms with Gasteiger partial charge in [-0.2, -0.15) is 4.98 Å². The fourth-order valence-corrected chi connectivity index (χ4v) is 3.80. The molecule has 1 aromatic heterocycles. The van der Waals surface area contributed by atoms with Crippen molar-refractivity contribution in [2.24, 2.45) is 0 Å². The monoisotopic (exact) mass is 520 g/mol. The van der Waals surface area contributed by atoms with E-state index in [2.05, 4.69) is 9.97 Å². The second kappa shape index (κ2) is 13.7. The molecule has 3 rings (SSSR count). The van der Waals surface area contributed by atoms with Crippen molar-refractivity contribution >= 4 is 30.3 Å². The molecule has 1 heterocycles. The third kappa shape index (κ3) is 7.25. The molecule has 0 bridgehead atoms. The van der Waals surface area contributed by atoms with Gasteiger partial charge < -0.3 is 28.7 Å². The van der Waals surface area contributed by atoms with Crippen molar-refractivity contribution in [2.75, 3.05) is 35.0 Å². The molecule has 1 N–H and O–H groups in total. The summed E-state index contributed by atoms with van der Waals surface area (Å²) in [4.78, 5) is 31.6. The van der Waals surface area contributed by atoms with Gasteiger partial charge in [0.1, 0.15) is 0 Å². The summed E-state index contributed by atoms with van der Waals surface area (Å²) in [6.07, 6.45) is 7.63. The molecule has 0 aliphatic heterocycles. The highest BCUT2D eigenvalue weighted by molar-refractivity contribution is 5.76. The molecular weight excluding hydrogens is 488 g/mol. The number of methoxy groups -OCH3 is 4. The van der Waals surface area contributed by atoms with Crippen LogP contribution in [0, 0.1) is 0 Å². The van der Waals surface area contributed by atoms with Crippen molar-refractivity contribution in [2.45, 2.75) is 19.8 Å². The molecule has 0 radical (unpaired) electrons. The quantitative estimate of drug-likeness (QED) is 0.344. The van der Waals surface area contributed by atoms with Gasteiger partial charge >= 0.3 is 11.7 Å². The average molecular weight is 521 g/mol. The van der Waals surface area contributed by atoms with E-state index in [0.29, 0.717) is 53.0 Å². The van der Waals surface area contributed by atoms with E-state index in [4.69, 9.17) is 23.7 Å². The van der Waals surface area contributed by atoms with Crippen LogP contribution in [0.25, 0.3) is 24.3 Å². The fourth-order valence-electron chi connectivity index (χ4n) is 3.80. The predicted octanol–water partition coefficient (Wildman–Crippen LogP) is 4.64. The highest BCUT2D eigenvalue weighted by atomic mass is 16.5. The number of rotatable bonds is 12. The number of H-pyrrole nitrogens is 1. The minimum atomic E-state index is -0.510. The van der Waals surface area contributed by atoms with Crippen molar-refractivity contribution in [3.63, 3.8) is 0 Å². The molecule has 0 saturated heterocycles. The molecule has 0 atom stereocenters. The lowest BCUT2D eigenvalue weighted by Gasteiger charge is -2.10. The second-order valence-corrected chi connectivity index (χ2v) is 8.02. The van der Waals surface area contributed by atoms with Crippen molar-refractivity contribution in [1.82, 2.24) is 9.97 Å². The number of nitrogens with one attached hydrogen (secondary N) is 1. The van der Waals surface area contributed by atoms with Crippen LogP contribution >= 0.6 is 0 Å². The second-order valence-electron chi connectivity index (χ2n) is 8.02. The molecule has 0 fully saturated rings. The van der Waals surface area contributed by atoms with E-state index in [1.807, 2.05) is 36.4 Å². The lowest BCUT2D eigenvalue weighted by atomic mass is 10.0. The summed E-state index contributed by atoms with van der Waals surface area (Å²) >= 11 is 0. The number of carbonyl (C=O) groups is 1. The van der Waals surface area contributed by atoms with E-state index in [1.54, 1.807) is 59.6 Å². The van der Waals surface area contributed by atoms with Crippen LogP contribution in [0.3, 0.4) is 0 Å². The van der Waals surface area contributed by atoms with Gasteiger partial charge in [-0.15, -0.1) is 0 Å². The number of carbonyl (C=O) groups excluding carboxylic acids is 1. The molecular formula is C29H32N2O7. The number of esters is 1. The maximum absolute atomic E-state index is 12.5. The lowest BCUT2D eigenvalue weighted by Crippen LogP contribution is -2.17. The summed E-state index contributed by atoms with van der Waals surface area (Å²) in [5.74, 6) is 2.05. The number of hydrogen-bond donors (Lipinski definition) is 1. The molecule has 0 aliphatic rings. The molecule has 9 nitrogen and oxygen atoms in total. The van der Waals surface area contributed by atoms with Crippen molar-refractivity contribution in [3.8, 4) is 23.0 Å². The largest absolute Gasteiger partial charge is 0.493 e. The lowest BCUT2D eigenvalue weighted by molar-refractivity contribution is -0.143. The van der Waals surface area contributed by atoms with Crippen LogP contribution in [0.4, 0.5) is 0 Å². The highest BCUT2D eigenvalue weighted by Crippen LogP contribution is 2.30. The zero-order valence-electron chi connectivity index (χ0n) is 22.2. The van der Waals surface area contributed by atoms with Gasteiger partial charge in [-0.25, -0.2) is 4.79 Å². The summed E-state index contributed by atoms with van der Waals surface area (Å²) < 4.78 is 26.5. The maximum atomic E-state index is 12.5. The number of aromatic nitrogens is 2. The number of ether oxygens (including phenoxy) is 5. The minimum absolute atomic E-state index is 0.135. The van der Waals surface area contributed by atoms with Gasteiger partial charge in [-0.05, 0) is 60.9 Å². The van der Waals surface area contributed by atoms with Crippen LogP contribution in [0.1, 0.15) is 41.4 Å². The van der Waals surface area contributed by atoms with Gasteiger partial charge in [-0.3, -0.25) is 4.79 Å². The van der Waals surface area contributed by atoms with Gasteiger partial charge in [0.05, 0.1) is 40.7 Å². The highest BCUT2D eigenvalue weighted by Gasteiger charge is 2.13. The van der Waals surface area contributed by atoms with Crippen molar-refractivity contribution < 1.29 is 28.5 Å². The Labute approximate surface area is 221 Å². The Hall–Kier alpha value is -4.53. The Morgan fingerprint density at radius 2 is 1.37 bits per heavy atom. The van der Waals surface area contributed by atoms with Crippen molar-refractivity contribution in [3.05, 3.63) is 75.0 Å². The summed E-state index contributed by atoms with van der Waals surface area (Å²) in [7, 11) is 6.27. The van der Waals surface area contributed by atoms with Crippen LogP contribution in [-0.2, 0) is 16.0 Å². The summed E-state index contributed by atoms with van der Waals surface area (Å²) in [5.41, 5.74) is 2.83. The predicted molar refractivity (Wildman–Crippen MR) is 147 cm³/mol. The van der Waals surface area contributed by atoms with Gasteiger partial charge in [0, 0.05) is 17.7 Å². The third-order valence-corrected chi connectivity index (χ3v) is 5.67. The van der Waals surface area contributed by atoms with Crippen LogP contribution in [0.5, 0.6) is 23.0 Å². The molecule has 0 amide bonds. The molecule has 0 saturated carbocycles.